The van der Waals surface area contributed by atoms with Crippen LogP contribution in [0.25, 0.3) is 0 Å². The van der Waals surface area contributed by atoms with Crippen LogP contribution in [0.15, 0.2) is 67.0 Å². The fourth-order valence-corrected chi connectivity index (χ4v) is 3.03. The lowest BCUT2D eigenvalue weighted by Gasteiger charge is -2.09. The lowest BCUT2D eigenvalue weighted by atomic mass is 10.1. The van der Waals surface area contributed by atoms with Crippen LogP contribution in [0.3, 0.4) is 0 Å². The van der Waals surface area contributed by atoms with Crippen molar-refractivity contribution < 1.29 is 14.3 Å². The predicted octanol–water partition coefficient (Wildman–Crippen LogP) is 2.70. The molecule has 0 aliphatic carbocycles. The average molecular weight is 406 g/mol. The molecule has 2 aromatic carbocycles. The largest absolute Gasteiger partial charge is 0.489 e. The maximum absolute atomic E-state index is 12.1. The molecule has 0 unspecified atom stereocenters. The van der Waals surface area contributed by atoms with Gasteiger partial charge in [-0.15, -0.1) is 0 Å². The summed E-state index contributed by atoms with van der Waals surface area (Å²) in [5.41, 5.74) is 7.47. The van der Waals surface area contributed by atoms with E-state index in [9.17, 15) is 9.59 Å². The van der Waals surface area contributed by atoms with E-state index in [0.29, 0.717) is 39.0 Å². The van der Waals surface area contributed by atoms with Crippen molar-refractivity contribution in [2.45, 2.75) is 32.4 Å². The van der Waals surface area contributed by atoms with Crippen molar-refractivity contribution in [3.05, 3.63) is 83.9 Å². The molecular weight excluding hydrogens is 380 g/mol. The number of hydrogen-bond donors (Lipinski definition) is 2. The third-order valence-corrected chi connectivity index (χ3v) is 4.65. The predicted molar refractivity (Wildman–Crippen MR) is 114 cm³/mol. The van der Waals surface area contributed by atoms with Gasteiger partial charge in [-0.3, -0.25) is 9.59 Å². The van der Waals surface area contributed by atoms with Crippen molar-refractivity contribution in [3.8, 4) is 5.75 Å². The molecule has 0 aliphatic rings. The van der Waals surface area contributed by atoms with Crippen molar-refractivity contribution in [3.63, 3.8) is 0 Å². The van der Waals surface area contributed by atoms with E-state index >= 15 is 0 Å². The number of imidazole rings is 1. The minimum absolute atomic E-state index is 0.000148. The van der Waals surface area contributed by atoms with Gasteiger partial charge in [-0.1, -0.05) is 42.5 Å². The quantitative estimate of drug-likeness (QED) is 0.478. The molecule has 0 aliphatic heterocycles. The van der Waals surface area contributed by atoms with Crippen LogP contribution >= 0.6 is 0 Å². The molecule has 0 saturated carbocycles. The molecule has 3 aromatic rings. The zero-order chi connectivity index (χ0) is 21.2. The molecule has 7 nitrogen and oxygen atoms in total. The van der Waals surface area contributed by atoms with Crippen LogP contribution < -0.4 is 15.8 Å². The van der Waals surface area contributed by atoms with Gasteiger partial charge >= 0.3 is 0 Å². The van der Waals surface area contributed by atoms with E-state index in [1.807, 2.05) is 54.6 Å². The van der Waals surface area contributed by atoms with E-state index in [0.717, 1.165) is 16.9 Å². The molecule has 1 aromatic heterocycles. The van der Waals surface area contributed by atoms with Gasteiger partial charge in [0.15, 0.2) is 5.82 Å². The van der Waals surface area contributed by atoms with Crippen LogP contribution in [-0.2, 0) is 24.4 Å². The van der Waals surface area contributed by atoms with Crippen LogP contribution in [-0.4, -0.2) is 27.9 Å². The van der Waals surface area contributed by atoms with E-state index in [4.69, 9.17) is 10.5 Å². The number of hydrogen-bond acceptors (Lipinski definition) is 4. The molecule has 156 valence electrons. The number of nitrogens with two attached hydrogens (primary N) is 1. The standard InChI is InChI=1S/C23H26N4O3/c24-22(29)23-26-14-16-27(23)15-4-13-25-21(28)12-9-18-7-10-20(11-8-18)30-17-19-5-2-1-3-6-19/h1-3,5-8,10-11,14,16H,4,9,12-13,15,17H2,(H2,24,29)(H,25,28). The van der Waals surface area contributed by atoms with Crippen molar-refractivity contribution >= 4 is 11.8 Å². The third-order valence-electron chi connectivity index (χ3n) is 4.65. The Morgan fingerprint density at radius 1 is 1.03 bits per heavy atom. The summed E-state index contributed by atoms with van der Waals surface area (Å²) in [5.74, 6) is 0.486. The Hall–Kier alpha value is -3.61. The highest BCUT2D eigenvalue weighted by Crippen LogP contribution is 2.15. The fourth-order valence-electron chi connectivity index (χ4n) is 3.03. The molecular formula is C23H26N4O3. The van der Waals surface area contributed by atoms with Gasteiger partial charge in [0.05, 0.1) is 0 Å². The summed E-state index contributed by atoms with van der Waals surface area (Å²) in [5, 5.41) is 2.90. The number of carbonyl (C=O) groups is 2. The van der Waals surface area contributed by atoms with Crippen molar-refractivity contribution in [2.24, 2.45) is 5.73 Å². The van der Waals surface area contributed by atoms with Crippen LogP contribution in [0, 0.1) is 0 Å². The number of benzene rings is 2. The number of ether oxygens (including phenoxy) is 1. The zero-order valence-electron chi connectivity index (χ0n) is 16.8. The lowest BCUT2D eigenvalue weighted by Crippen LogP contribution is -2.26. The van der Waals surface area contributed by atoms with E-state index in [1.165, 1.54) is 6.20 Å². The first-order valence-corrected chi connectivity index (χ1v) is 9.95. The third kappa shape index (κ3) is 6.48. The zero-order valence-corrected chi connectivity index (χ0v) is 16.8. The molecule has 30 heavy (non-hydrogen) atoms. The maximum atomic E-state index is 12.1. The summed E-state index contributed by atoms with van der Waals surface area (Å²) in [6, 6.07) is 17.8. The number of nitrogens with zero attached hydrogens (tertiary/aromatic N) is 2. The molecule has 0 atom stereocenters. The van der Waals surface area contributed by atoms with E-state index in [-0.39, 0.29) is 11.7 Å². The summed E-state index contributed by atoms with van der Waals surface area (Å²) in [6.07, 6.45) is 5.02. The van der Waals surface area contributed by atoms with Crippen molar-refractivity contribution in [1.82, 2.24) is 14.9 Å². The minimum Gasteiger partial charge on any atom is -0.489 e. The Morgan fingerprint density at radius 3 is 2.53 bits per heavy atom. The van der Waals surface area contributed by atoms with Gasteiger partial charge in [-0.2, -0.15) is 0 Å². The van der Waals surface area contributed by atoms with Crippen molar-refractivity contribution in [1.29, 1.82) is 0 Å². The smallest absolute Gasteiger partial charge is 0.284 e. The summed E-state index contributed by atoms with van der Waals surface area (Å²) < 4.78 is 7.47. The molecule has 3 rings (SSSR count). The molecule has 0 fully saturated rings. The number of amides is 2. The number of rotatable bonds is 11. The molecule has 0 saturated heterocycles. The van der Waals surface area contributed by atoms with Crippen LogP contribution in [0.1, 0.15) is 34.6 Å². The van der Waals surface area contributed by atoms with Crippen LogP contribution in [0.5, 0.6) is 5.75 Å². The second kappa shape index (κ2) is 10.8. The monoisotopic (exact) mass is 406 g/mol. The minimum atomic E-state index is -0.555. The number of nitrogens with one attached hydrogen (secondary N) is 1. The van der Waals surface area contributed by atoms with Gasteiger partial charge in [-0.05, 0) is 36.1 Å². The Morgan fingerprint density at radius 2 is 1.80 bits per heavy atom. The average Bonchev–Trinajstić information content (AvgIpc) is 3.24. The Balaban J connectivity index is 1.33. The highest BCUT2D eigenvalue weighted by Gasteiger charge is 2.08. The van der Waals surface area contributed by atoms with Crippen LogP contribution in [0.2, 0.25) is 0 Å². The molecule has 7 heteroatoms. The van der Waals surface area contributed by atoms with Crippen LogP contribution in [0.4, 0.5) is 0 Å². The first kappa shape index (κ1) is 21.1. The lowest BCUT2D eigenvalue weighted by molar-refractivity contribution is -0.121. The number of aromatic nitrogens is 2. The molecule has 0 spiro atoms. The SMILES string of the molecule is NC(=O)c1nccn1CCCNC(=O)CCc1ccc(OCc2ccccc2)cc1. The van der Waals surface area contributed by atoms with Gasteiger partial charge in [0, 0.05) is 31.9 Å². The number of aryl methyl sites for hydroxylation is 2. The topological polar surface area (TPSA) is 99.2 Å². The summed E-state index contributed by atoms with van der Waals surface area (Å²) in [6.45, 7) is 1.63. The second-order valence-electron chi connectivity index (χ2n) is 6.93. The Labute approximate surface area is 175 Å². The number of primary amides is 1. The molecule has 2 amide bonds. The van der Waals surface area contributed by atoms with E-state index < -0.39 is 5.91 Å². The molecule has 3 N–H and O–H groups in total. The summed E-state index contributed by atoms with van der Waals surface area (Å²) in [4.78, 5) is 27.2. The highest BCUT2D eigenvalue weighted by molar-refractivity contribution is 5.89. The fraction of sp³-hybridized carbons (Fsp3) is 0.261. The Kier molecular flexibility index (Phi) is 7.60. The summed E-state index contributed by atoms with van der Waals surface area (Å²) in [7, 11) is 0. The van der Waals surface area contributed by atoms with Gasteiger partial charge < -0.3 is 20.4 Å². The summed E-state index contributed by atoms with van der Waals surface area (Å²) >= 11 is 0. The second-order valence-corrected chi connectivity index (χ2v) is 6.93. The van der Waals surface area contributed by atoms with E-state index in [2.05, 4.69) is 10.3 Å². The van der Waals surface area contributed by atoms with Gasteiger partial charge in [0.25, 0.3) is 5.91 Å². The molecule has 0 bridgehead atoms. The van der Waals surface area contributed by atoms with Gasteiger partial charge in [0.2, 0.25) is 5.91 Å². The first-order chi connectivity index (χ1) is 14.6. The maximum Gasteiger partial charge on any atom is 0.284 e. The van der Waals surface area contributed by atoms with Crippen molar-refractivity contribution in [2.75, 3.05) is 6.54 Å². The molecule has 0 radical (unpaired) electrons. The van der Waals surface area contributed by atoms with E-state index in [1.54, 1.807) is 10.8 Å². The number of carbonyl (C=O) groups excluding carboxylic acids is 2. The van der Waals surface area contributed by atoms with Gasteiger partial charge in [0.1, 0.15) is 12.4 Å². The first-order valence-electron chi connectivity index (χ1n) is 9.95. The highest BCUT2D eigenvalue weighted by atomic mass is 16.5. The molecule has 1 heterocycles. The normalized spacial score (nSPS) is 10.5. The van der Waals surface area contributed by atoms with Gasteiger partial charge in [-0.25, -0.2) is 4.98 Å². The Bertz CT molecular complexity index is 952.